The predicted molar refractivity (Wildman–Crippen MR) is 276 cm³/mol. The van der Waals surface area contributed by atoms with Crippen LogP contribution in [0.5, 0.6) is 0 Å². The van der Waals surface area contributed by atoms with E-state index in [1.54, 1.807) is 0 Å². The van der Waals surface area contributed by atoms with Crippen LogP contribution in [0.1, 0.15) is 149 Å². The van der Waals surface area contributed by atoms with E-state index >= 15 is 0 Å². The van der Waals surface area contributed by atoms with Crippen molar-refractivity contribution in [2.24, 2.45) is 22.9 Å². The van der Waals surface area contributed by atoms with Crippen molar-refractivity contribution in [2.45, 2.75) is 161 Å². The summed E-state index contributed by atoms with van der Waals surface area (Å²) in [5.41, 5.74) is 23.2. The van der Waals surface area contributed by atoms with Crippen LogP contribution in [0.15, 0.2) is 36.5 Å². The van der Waals surface area contributed by atoms with Crippen molar-refractivity contribution in [2.75, 3.05) is 65.4 Å². The van der Waals surface area contributed by atoms with Gasteiger partial charge < -0.3 is 48.3 Å². The van der Waals surface area contributed by atoms with Gasteiger partial charge in [-0.15, -0.1) is 49.6 Å². The minimum Gasteiger partial charge on any atom is -0.355 e. The van der Waals surface area contributed by atoms with Gasteiger partial charge in [0.1, 0.15) is 0 Å². The quantitative estimate of drug-likeness (QED) is 0.0292. The second-order valence-corrected chi connectivity index (χ2v) is 15.5. The van der Waals surface area contributed by atoms with E-state index in [2.05, 4.69) is 49.6 Å². The third-order valence-electron chi connectivity index (χ3n) is 10.2. The Labute approximate surface area is 412 Å². The largest absolute Gasteiger partial charge is 0.355 e. The lowest BCUT2D eigenvalue weighted by atomic mass is 10.1. The van der Waals surface area contributed by atoms with Gasteiger partial charge in [-0.05, 0) is 109 Å². The number of carbonyl (C=O) groups is 5. The lowest BCUT2D eigenvalue weighted by molar-refractivity contribution is -0.133. The summed E-state index contributed by atoms with van der Waals surface area (Å²) in [6, 6.07) is -1.14. The Morgan fingerprint density at radius 1 is 0.438 bits per heavy atom. The van der Waals surface area contributed by atoms with Crippen LogP contribution in [-0.4, -0.2) is 122 Å². The number of nitrogens with zero attached hydrogens (tertiary/aromatic N) is 3. The minimum atomic E-state index is -0.571. The van der Waals surface area contributed by atoms with Gasteiger partial charge >= 0.3 is 0 Å². The first kappa shape index (κ1) is 70.6. The zero-order valence-electron chi connectivity index (χ0n) is 39.7. The van der Waals surface area contributed by atoms with E-state index in [1.807, 2.05) is 32.9 Å². The molecule has 0 aliphatic heterocycles. The molecule has 0 aromatic carbocycles. The number of hydrogen-bond donors (Lipinski definition) is 6. The highest BCUT2D eigenvalue weighted by molar-refractivity contribution is 5.86. The number of amides is 5. The van der Waals surface area contributed by atoms with Crippen LogP contribution >= 0.6 is 49.6 Å². The van der Waals surface area contributed by atoms with Gasteiger partial charge in [-0.3, -0.25) is 24.0 Å². The van der Waals surface area contributed by atoms with E-state index in [0.717, 1.165) is 57.8 Å². The molecule has 378 valence electrons. The molecule has 0 saturated carbocycles. The molecular formula is C46H91Cl4N9O5. The molecule has 0 aliphatic rings. The van der Waals surface area contributed by atoms with E-state index in [9.17, 15) is 24.0 Å². The molecule has 0 rings (SSSR count). The average molecular weight is 992 g/mol. The maximum Gasteiger partial charge on any atom is 0.236 e. The summed E-state index contributed by atoms with van der Waals surface area (Å²) in [6.45, 7) is 11.4. The molecule has 0 bridgehead atoms. The van der Waals surface area contributed by atoms with Gasteiger partial charge in [-0.25, -0.2) is 0 Å². The van der Waals surface area contributed by atoms with Crippen LogP contribution < -0.4 is 33.6 Å². The fraction of sp³-hybridized carbons (Fsp3) is 0.761. The molecule has 0 saturated heterocycles. The highest BCUT2D eigenvalue weighted by Gasteiger charge is 2.19. The number of halogens is 4. The molecule has 10 N–H and O–H groups in total. The summed E-state index contributed by atoms with van der Waals surface area (Å²) < 4.78 is 0. The number of hydrogen-bond acceptors (Lipinski definition) is 9. The molecule has 0 aromatic heterocycles. The first-order valence-electron chi connectivity index (χ1n) is 23.3. The summed E-state index contributed by atoms with van der Waals surface area (Å²) in [5, 5.41) is 5.83. The Balaban J connectivity index is -0.00000290. The second-order valence-electron chi connectivity index (χ2n) is 15.5. The average Bonchev–Trinajstić information content (AvgIpc) is 3.24. The zero-order chi connectivity index (χ0) is 44.6. The maximum absolute atomic E-state index is 13.5. The highest BCUT2D eigenvalue weighted by Crippen LogP contribution is 2.10. The Bertz CT molecular complexity index is 1250. The van der Waals surface area contributed by atoms with Crippen LogP contribution in [0.4, 0.5) is 0 Å². The van der Waals surface area contributed by atoms with Crippen LogP contribution in [0.2, 0.25) is 0 Å². The van der Waals surface area contributed by atoms with Crippen LogP contribution in [0.25, 0.3) is 0 Å². The molecule has 0 aromatic rings. The molecule has 0 fully saturated rings. The normalized spacial score (nSPS) is 11.8. The van der Waals surface area contributed by atoms with E-state index in [0.29, 0.717) is 136 Å². The fourth-order valence-electron chi connectivity index (χ4n) is 6.59. The van der Waals surface area contributed by atoms with Gasteiger partial charge in [-0.1, -0.05) is 70.1 Å². The summed E-state index contributed by atoms with van der Waals surface area (Å²) in [6.07, 6.45) is 26.1. The number of rotatable bonds is 39. The van der Waals surface area contributed by atoms with E-state index in [1.165, 1.54) is 0 Å². The van der Waals surface area contributed by atoms with E-state index in [4.69, 9.17) is 22.9 Å². The van der Waals surface area contributed by atoms with Gasteiger partial charge in [0, 0.05) is 71.6 Å². The summed E-state index contributed by atoms with van der Waals surface area (Å²) in [4.78, 5) is 70.8. The molecular weight excluding hydrogens is 900 g/mol. The molecule has 64 heavy (non-hydrogen) atoms. The van der Waals surface area contributed by atoms with Gasteiger partial charge in [0.2, 0.25) is 29.5 Å². The number of carbonyl (C=O) groups excluding carboxylic acids is 5. The van der Waals surface area contributed by atoms with Gasteiger partial charge in [0.05, 0.1) is 12.1 Å². The van der Waals surface area contributed by atoms with Crippen molar-refractivity contribution < 1.29 is 24.0 Å². The fourth-order valence-corrected chi connectivity index (χ4v) is 6.59. The minimum absolute atomic E-state index is 0. The molecule has 0 unspecified atom stereocenters. The Hall–Kier alpha value is -2.43. The molecule has 0 spiro atoms. The lowest BCUT2D eigenvalue weighted by Crippen LogP contribution is -2.42. The first-order chi connectivity index (χ1) is 29.1. The van der Waals surface area contributed by atoms with Crippen LogP contribution in [-0.2, 0) is 24.0 Å². The third kappa shape index (κ3) is 38.8. The van der Waals surface area contributed by atoms with Crippen molar-refractivity contribution in [1.82, 2.24) is 25.3 Å². The zero-order valence-corrected chi connectivity index (χ0v) is 42.9. The molecule has 2 atom stereocenters. The van der Waals surface area contributed by atoms with Gasteiger partial charge in [0.25, 0.3) is 0 Å². The van der Waals surface area contributed by atoms with Gasteiger partial charge in [-0.2, -0.15) is 0 Å². The smallest absolute Gasteiger partial charge is 0.236 e. The molecule has 0 radical (unpaired) electrons. The molecule has 0 heterocycles. The summed E-state index contributed by atoms with van der Waals surface area (Å²) >= 11 is 0. The van der Waals surface area contributed by atoms with E-state index < -0.39 is 12.1 Å². The monoisotopic (exact) mass is 990 g/mol. The number of allylic oxidation sites excluding steroid dienone is 6. The Kier molecular flexibility index (Phi) is 55.1. The SMILES string of the molecule is CC/C=C\CCC(=O)N(CCCCN(CCCN(CCCNC(=O)[C@@H](N)CCCCN)C(=O)CC/C=C\CC)C(=O)CC/C=C\CC)CCCNC(=O)[C@@H](N)CCCCN.Cl.Cl.Cl.Cl. The third-order valence-corrected chi connectivity index (χ3v) is 10.2. The van der Waals surface area contributed by atoms with Crippen molar-refractivity contribution in [3.05, 3.63) is 36.5 Å². The maximum atomic E-state index is 13.5. The topological polar surface area (TPSA) is 223 Å². The van der Waals surface area contributed by atoms with E-state index in [-0.39, 0.29) is 79.2 Å². The highest BCUT2D eigenvalue weighted by atomic mass is 35.5. The molecule has 0 aliphatic carbocycles. The van der Waals surface area contributed by atoms with Crippen molar-refractivity contribution in [3.63, 3.8) is 0 Å². The number of unbranched alkanes of at least 4 members (excludes halogenated alkanes) is 3. The van der Waals surface area contributed by atoms with Crippen molar-refractivity contribution in [1.29, 1.82) is 0 Å². The summed E-state index contributed by atoms with van der Waals surface area (Å²) in [5.74, 6) is -0.149. The molecule has 5 amide bonds. The lowest BCUT2D eigenvalue weighted by Gasteiger charge is -2.27. The predicted octanol–water partition coefficient (Wildman–Crippen LogP) is 6.49. The molecule has 18 heteroatoms. The first-order valence-corrected chi connectivity index (χ1v) is 23.3. The number of nitrogens with one attached hydrogen (secondary N) is 2. The summed E-state index contributed by atoms with van der Waals surface area (Å²) in [7, 11) is 0. The second kappa shape index (κ2) is 50.0. The van der Waals surface area contributed by atoms with Crippen molar-refractivity contribution >= 4 is 79.2 Å². The standard InChI is InChI=1S/C46H87N9O5.4ClH/c1-4-7-10-13-27-42(56)53(36-22-32-51-45(59)40(49)25-16-18-30-47)34-20-21-35-54(43(57)28-14-11-8-5-2)38-24-39-55(44(58)29-15-12-9-6-3)37-23-33-52-46(60)41(50)26-17-19-31-48;;;;/h7-12,40-41H,4-6,13-39,47-50H2,1-3H3,(H,51,59)(H,52,60);4*1H/b10-7-,11-8-,12-9-;;;;/t40-,41-;;;;/m0..../s1. The molecule has 14 nitrogen and oxygen atoms in total. The van der Waals surface area contributed by atoms with Gasteiger partial charge in [0.15, 0.2) is 0 Å². The number of nitrogens with two attached hydrogens (primary N) is 4. The Morgan fingerprint density at radius 2 is 0.734 bits per heavy atom. The van der Waals surface area contributed by atoms with Crippen LogP contribution in [0.3, 0.4) is 0 Å². The van der Waals surface area contributed by atoms with Crippen molar-refractivity contribution in [3.8, 4) is 0 Å². The van der Waals surface area contributed by atoms with Crippen LogP contribution in [0, 0.1) is 0 Å². The Morgan fingerprint density at radius 3 is 1.03 bits per heavy atom.